The minimum atomic E-state index is -0.582. The van der Waals surface area contributed by atoms with E-state index in [0.29, 0.717) is 22.8 Å². The number of nitrogens with zero attached hydrogens (tertiary/aromatic N) is 4. The van der Waals surface area contributed by atoms with Gasteiger partial charge >= 0.3 is 0 Å². The topological polar surface area (TPSA) is 60.1 Å². The van der Waals surface area contributed by atoms with Gasteiger partial charge in [0.2, 0.25) is 5.95 Å². The fourth-order valence-corrected chi connectivity index (χ4v) is 4.75. The monoisotopic (exact) mass is 470 g/mol. The quantitative estimate of drug-likeness (QED) is 0.402. The van der Waals surface area contributed by atoms with E-state index in [1.54, 1.807) is 6.08 Å². The molecule has 1 aliphatic heterocycles. The van der Waals surface area contributed by atoms with Gasteiger partial charge in [0.25, 0.3) is 0 Å². The molecule has 5 rings (SSSR count). The van der Waals surface area contributed by atoms with E-state index in [9.17, 15) is 0 Å². The number of benzene rings is 2. The fraction of sp³-hybridized carbons (Fsp3) is 0.286. The molecule has 6 nitrogen and oxygen atoms in total. The Balaban J connectivity index is 1.49. The number of H-pyrrole nitrogens is 1. The van der Waals surface area contributed by atoms with Crippen LogP contribution in [0.15, 0.2) is 49.2 Å². The maximum atomic E-state index is 15.1. The van der Waals surface area contributed by atoms with E-state index in [0.717, 1.165) is 53.9 Å². The van der Waals surface area contributed by atoms with Crippen molar-refractivity contribution in [3.63, 3.8) is 0 Å². The van der Waals surface area contributed by atoms with Gasteiger partial charge in [-0.15, -0.1) is 0 Å². The zero-order valence-corrected chi connectivity index (χ0v) is 20.5. The zero-order chi connectivity index (χ0) is 24.5. The minimum Gasteiger partial charge on any atom is -0.394 e. The van der Waals surface area contributed by atoms with Gasteiger partial charge in [-0.25, -0.2) is 4.98 Å². The lowest BCUT2D eigenvalue weighted by molar-refractivity contribution is 0.209. The van der Waals surface area contributed by atoms with E-state index in [4.69, 9.17) is 4.98 Å². The van der Waals surface area contributed by atoms with E-state index in [1.165, 1.54) is 0 Å². The molecule has 0 aliphatic carbocycles. The molecule has 7 heteroatoms. The Kier molecular flexibility index (Phi) is 6.26. The van der Waals surface area contributed by atoms with Crippen molar-refractivity contribution in [1.82, 2.24) is 25.2 Å². The molecule has 0 bridgehead atoms. The summed E-state index contributed by atoms with van der Waals surface area (Å²) in [6.45, 7) is 12.5. The van der Waals surface area contributed by atoms with Crippen LogP contribution in [0.5, 0.6) is 0 Å². The minimum absolute atomic E-state index is 0.259. The number of hydrogen-bond acceptors (Lipinski definition) is 5. The molecule has 0 spiro atoms. The molecule has 0 radical (unpaired) electrons. The van der Waals surface area contributed by atoms with Gasteiger partial charge in [0.1, 0.15) is 11.2 Å². The van der Waals surface area contributed by atoms with Gasteiger partial charge in [-0.1, -0.05) is 24.8 Å². The van der Waals surface area contributed by atoms with Crippen LogP contribution in [0.25, 0.3) is 45.5 Å². The maximum absolute atomic E-state index is 15.1. The van der Waals surface area contributed by atoms with Gasteiger partial charge in [0.05, 0.1) is 0 Å². The van der Waals surface area contributed by atoms with Gasteiger partial charge in [0.15, 0.2) is 5.65 Å². The molecule has 2 N–H and O–H groups in total. The van der Waals surface area contributed by atoms with Crippen molar-refractivity contribution in [2.45, 2.75) is 19.9 Å². The van der Waals surface area contributed by atoms with E-state index >= 15 is 4.39 Å². The number of aromatic amines is 1. The first-order valence-electron chi connectivity index (χ1n) is 12.1. The van der Waals surface area contributed by atoms with Crippen LogP contribution >= 0.6 is 0 Å². The van der Waals surface area contributed by atoms with Crippen LogP contribution in [0.1, 0.15) is 25.0 Å². The predicted octanol–water partition coefficient (Wildman–Crippen LogP) is 5.28. The van der Waals surface area contributed by atoms with Crippen LogP contribution in [0.2, 0.25) is 0 Å². The third kappa shape index (κ3) is 4.39. The van der Waals surface area contributed by atoms with Crippen LogP contribution in [0, 0.1) is 5.95 Å². The summed E-state index contributed by atoms with van der Waals surface area (Å²) in [7, 11) is 1.85. The van der Waals surface area contributed by atoms with Gasteiger partial charge in [-0.3, -0.25) is 4.90 Å². The standard InChI is InChI=1S/C28H31FN6/c1-5-19-17-24-23(16-21(19)10-11-30-4)26-28(31-24)33-27(29)25(32-26)20-6-8-22(9-7-20)35-14-12-34(13-15-35)18(2)3/h5-11,16-18,30H,1,12-15H2,2-4H3,(H,31,33)/b11-10-. The zero-order valence-electron chi connectivity index (χ0n) is 20.5. The van der Waals surface area contributed by atoms with Crippen molar-refractivity contribution in [3.8, 4) is 11.3 Å². The number of halogens is 1. The van der Waals surface area contributed by atoms with Crippen LogP contribution in [0.4, 0.5) is 10.1 Å². The Morgan fingerprint density at radius 3 is 2.46 bits per heavy atom. The third-order valence-corrected chi connectivity index (χ3v) is 6.78. The molecule has 1 saturated heterocycles. The Morgan fingerprint density at radius 2 is 1.80 bits per heavy atom. The molecule has 0 saturated carbocycles. The van der Waals surface area contributed by atoms with Crippen LogP contribution in [0.3, 0.4) is 0 Å². The summed E-state index contributed by atoms with van der Waals surface area (Å²) in [6, 6.07) is 12.6. The van der Waals surface area contributed by atoms with Gasteiger partial charge in [-0.2, -0.15) is 9.37 Å². The van der Waals surface area contributed by atoms with Crippen molar-refractivity contribution in [2.24, 2.45) is 0 Å². The Labute approximate surface area is 205 Å². The summed E-state index contributed by atoms with van der Waals surface area (Å²) in [4.78, 5) is 17.0. The summed E-state index contributed by atoms with van der Waals surface area (Å²) in [5.41, 5.74) is 6.04. The van der Waals surface area contributed by atoms with Gasteiger partial charge in [-0.05, 0) is 61.5 Å². The number of hydrogen-bond donors (Lipinski definition) is 2. The summed E-state index contributed by atoms with van der Waals surface area (Å²) in [6.07, 6.45) is 5.65. The Bertz CT molecular complexity index is 1400. The van der Waals surface area contributed by atoms with Crippen molar-refractivity contribution in [2.75, 3.05) is 38.1 Å². The number of fused-ring (bicyclic) bond motifs is 3. The average molecular weight is 471 g/mol. The van der Waals surface area contributed by atoms with E-state index in [-0.39, 0.29) is 5.69 Å². The highest BCUT2D eigenvalue weighted by atomic mass is 19.1. The number of piperazine rings is 1. The molecule has 2 aromatic carbocycles. The molecule has 0 amide bonds. The molecule has 0 atom stereocenters. The molecule has 35 heavy (non-hydrogen) atoms. The van der Waals surface area contributed by atoms with Gasteiger partial charge in [0, 0.05) is 61.4 Å². The van der Waals surface area contributed by atoms with Crippen LogP contribution in [-0.4, -0.2) is 59.1 Å². The second-order valence-electron chi connectivity index (χ2n) is 9.20. The third-order valence-electron chi connectivity index (χ3n) is 6.78. The number of aromatic nitrogens is 3. The maximum Gasteiger partial charge on any atom is 0.241 e. The highest BCUT2D eigenvalue weighted by molar-refractivity contribution is 6.05. The van der Waals surface area contributed by atoms with Crippen molar-refractivity contribution in [1.29, 1.82) is 0 Å². The van der Waals surface area contributed by atoms with E-state index < -0.39 is 5.95 Å². The van der Waals surface area contributed by atoms with Crippen molar-refractivity contribution >= 4 is 39.9 Å². The SMILES string of the molecule is C=Cc1cc2[nH]c3nc(F)c(-c4ccc(N5CCN(C(C)C)CC5)cc4)nc3c2cc1/C=C\NC. The number of rotatable bonds is 6. The predicted molar refractivity (Wildman–Crippen MR) is 144 cm³/mol. The molecular weight excluding hydrogens is 439 g/mol. The normalized spacial score (nSPS) is 15.1. The Morgan fingerprint density at radius 1 is 1.06 bits per heavy atom. The summed E-state index contributed by atoms with van der Waals surface area (Å²) in [5, 5.41) is 3.91. The van der Waals surface area contributed by atoms with Crippen molar-refractivity contribution in [3.05, 3.63) is 66.3 Å². The van der Waals surface area contributed by atoms with Crippen molar-refractivity contribution < 1.29 is 4.39 Å². The second kappa shape index (κ2) is 9.50. The summed E-state index contributed by atoms with van der Waals surface area (Å²) >= 11 is 0. The molecule has 0 unspecified atom stereocenters. The molecule has 180 valence electrons. The first kappa shape index (κ1) is 23.1. The van der Waals surface area contributed by atoms with Crippen LogP contribution in [-0.2, 0) is 0 Å². The molecule has 4 aromatic rings. The molecule has 2 aromatic heterocycles. The molecule has 1 fully saturated rings. The first-order chi connectivity index (χ1) is 17.0. The largest absolute Gasteiger partial charge is 0.394 e. The highest BCUT2D eigenvalue weighted by Crippen LogP contribution is 2.31. The number of nitrogens with one attached hydrogen (secondary N) is 2. The molecule has 1 aliphatic rings. The average Bonchev–Trinajstić information content (AvgIpc) is 3.22. The number of anilines is 1. The molecule has 3 heterocycles. The first-order valence-corrected chi connectivity index (χ1v) is 12.1. The second-order valence-corrected chi connectivity index (χ2v) is 9.20. The Hall–Kier alpha value is -3.71. The smallest absolute Gasteiger partial charge is 0.241 e. The van der Waals surface area contributed by atoms with Crippen LogP contribution < -0.4 is 10.2 Å². The summed E-state index contributed by atoms with van der Waals surface area (Å²) < 4.78 is 15.1. The lowest BCUT2D eigenvalue weighted by Gasteiger charge is -2.38. The lowest BCUT2D eigenvalue weighted by Crippen LogP contribution is -2.48. The highest BCUT2D eigenvalue weighted by Gasteiger charge is 2.20. The van der Waals surface area contributed by atoms with E-state index in [1.807, 2.05) is 43.6 Å². The lowest BCUT2D eigenvalue weighted by atomic mass is 10.0. The fourth-order valence-electron chi connectivity index (χ4n) is 4.75. The molecular formula is C28H31FN6. The van der Waals surface area contributed by atoms with Gasteiger partial charge < -0.3 is 15.2 Å². The van der Waals surface area contributed by atoms with E-state index in [2.05, 4.69) is 57.6 Å². The summed E-state index contributed by atoms with van der Waals surface area (Å²) in [5.74, 6) is -0.582.